The van der Waals surface area contributed by atoms with Crippen molar-refractivity contribution in [2.45, 2.75) is 32.4 Å². The van der Waals surface area contributed by atoms with Crippen LogP contribution < -0.4 is 15.4 Å². The van der Waals surface area contributed by atoms with Gasteiger partial charge in [-0.3, -0.25) is 9.59 Å². The van der Waals surface area contributed by atoms with Gasteiger partial charge >= 0.3 is 0 Å². The first-order chi connectivity index (χ1) is 19.1. The molecule has 1 amide bonds. The molecule has 2 aliphatic rings. The summed E-state index contributed by atoms with van der Waals surface area (Å²) < 4.78 is 0. The quantitative estimate of drug-likeness (QED) is 0.412. The molecule has 8 nitrogen and oxygen atoms in total. The van der Waals surface area contributed by atoms with Crippen molar-refractivity contribution in [1.82, 2.24) is 20.1 Å². The van der Waals surface area contributed by atoms with Crippen LogP contribution >= 0.6 is 0 Å². The van der Waals surface area contributed by atoms with Crippen molar-refractivity contribution < 1.29 is 4.79 Å². The number of nitrogens with zero attached hydrogens (tertiary/aromatic N) is 5. The highest BCUT2D eigenvalue weighted by molar-refractivity contribution is 5.94. The molecular weight excluding hydrogens is 488 g/mol. The first-order valence-electron chi connectivity index (χ1n) is 13.5. The summed E-state index contributed by atoms with van der Waals surface area (Å²) in [5.41, 5.74) is 5.82. The molecule has 0 saturated carbocycles. The zero-order valence-corrected chi connectivity index (χ0v) is 22.1. The van der Waals surface area contributed by atoms with Crippen LogP contribution in [-0.2, 0) is 13.0 Å². The Morgan fingerprint density at radius 2 is 1.82 bits per heavy atom. The third-order valence-electron chi connectivity index (χ3n) is 7.94. The number of rotatable bonds is 6. The summed E-state index contributed by atoms with van der Waals surface area (Å²) in [4.78, 5) is 36.6. The molecule has 6 rings (SSSR count). The predicted octanol–water partition coefficient (Wildman–Crippen LogP) is 4.13. The largest absolute Gasteiger partial charge is 0.358 e. The average molecular weight is 521 g/mol. The monoisotopic (exact) mass is 520 g/mol. The molecule has 1 unspecified atom stereocenters. The smallest absolute Gasteiger partial charge is 0.269 e. The van der Waals surface area contributed by atoms with E-state index in [4.69, 9.17) is 0 Å². The van der Waals surface area contributed by atoms with Gasteiger partial charge < -0.3 is 14.7 Å². The molecule has 0 bridgehead atoms. The number of benzene rings is 2. The fourth-order valence-electron chi connectivity index (χ4n) is 5.79. The highest BCUT2D eigenvalue weighted by Crippen LogP contribution is 2.40. The van der Waals surface area contributed by atoms with Crippen molar-refractivity contribution in [3.05, 3.63) is 117 Å². The third kappa shape index (κ3) is 5.02. The Balaban J connectivity index is 1.15. The van der Waals surface area contributed by atoms with E-state index in [1.807, 2.05) is 48.2 Å². The molecule has 39 heavy (non-hydrogen) atoms. The van der Waals surface area contributed by atoms with Crippen molar-refractivity contribution in [3.63, 3.8) is 0 Å². The lowest BCUT2D eigenvalue weighted by Crippen LogP contribution is -2.49. The van der Waals surface area contributed by atoms with Crippen LogP contribution in [0.4, 0.5) is 11.5 Å². The number of aromatic nitrogens is 3. The number of nitrogens with one attached hydrogen (secondary N) is 1. The number of piperazine rings is 1. The Morgan fingerprint density at radius 3 is 2.64 bits per heavy atom. The molecule has 0 spiro atoms. The maximum Gasteiger partial charge on any atom is 0.269 e. The summed E-state index contributed by atoms with van der Waals surface area (Å²) in [6.45, 7) is 5.50. The van der Waals surface area contributed by atoms with E-state index in [2.05, 4.69) is 55.3 Å². The zero-order chi connectivity index (χ0) is 26.8. The Morgan fingerprint density at radius 1 is 1.00 bits per heavy atom. The molecule has 8 heteroatoms. The van der Waals surface area contributed by atoms with Crippen molar-refractivity contribution in [2.75, 3.05) is 36.0 Å². The Bertz CT molecular complexity index is 1530. The maximum absolute atomic E-state index is 13.4. The molecule has 198 valence electrons. The van der Waals surface area contributed by atoms with E-state index in [9.17, 15) is 9.59 Å². The summed E-state index contributed by atoms with van der Waals surface area (Å²) >= 11 is 0. The van der Waals surface area contributed by atoms with Crippen LogP contribution in [0.5, 0.6) is 0 Å². The van der Waals surface area contributed by atoms with Crippen LogP contribution in [-0.4, -0.2) is 52.2 Å². The van der Waals surface area contributed by atoms with E-state index in [0.29, 0.717) is 18.7 Å². The number of hydrogen-bond acceptors (Lipinski definition) is 6. The van der Waals surface area contributed by atoms with Gasteiger partial charge in [-0.2, -0.15) is 5.10 Å². The number of hydrogen-bond donors (Lipinski definition) is 1. The predicted molar refractivity (Wildman–Crippen MR) is 152 cm³/mol. The molecule has 1 N–H and O–H groups in total. The van der Waals surface area contributed by atoms with Gasteiger partial charge in [0.15, 0.2) is 0 Å². The van der Waals surface area contributed by atoms with Gasteiger partial charge in [-0.15, -0.1) is 0 Å². The number of anilines is 2. The topological polar surface area (TPSA) is 85.4 Å². The molecule has 0 radical (unpaired) electrons. The molecule has 1 saturated heterocycles. The fraction of sp³-hybridized carbons (Fsp3) is 0.290. The molecule has 4 aromatic rings. The summed E-state index contributed by atoms with van der Waals surface area (Å²) in [6.07, 6.45) is 5.24. The van der Waals surface area contributed by atoms with Crippen LogP contribution in [0.3, 0.4) is 0 Å². The van der Waals surface area contributed by atoms with Gasteiger partial charge in [0.25, 0.3) is 11.5 Å². The van der Waals surface area contributed by atoms with Crippen molar-refractivity contribution in [3.8, 4) is 0 Å². The Labute approximate surface area is 227 Å². The van der Waals surface area contributed by atoms with Crippen molar-refractivity contribution in [2.24, 2.45) is 0 Å². The second kappa shape index (κ2) is 10.7. The molecule has 0 aliphatic carbocycles. The highest BCUT2D eigenvalue weighted by atomic mass is 16.2. The van der Waals surface area contributed by atoms with Gasteiger partial charge in [0.2, 0.25) is 0 Å². The molecule has 1 atom stereocenters. The summed E-state index contributed by atoms with van der Waals surface area (Å²) in [6, 6.07) is 22.6. The molecular formula is C31H32N6O2. The molecule has 2 aromatic heterocycles. The van der Waals surface area contributed by atoms with Crippen LogP contribution in [0.2, 0.25) is 0 Å². The van der Waals surface area contributed by atoms with E-state index in [0.717, 1.165) is 55.1 Å². The molecule has 2 aromatic carbocycles. The number of fused-ring (bicyclic) bond motifs is 1. The number of carbonyl (C=O) groups excluding carboxylic acids is 1. The number of aromatic amines is 1. The number of pyridine rings is 1. The van der Waals surface area contributed by atoms with Gasteiger partial charge in [-0.25, -0.2) is 10.1 Å². The highest BCUT2D eigenvalue weighted by Gasteiger charge is 2.31. The molecule has 2 aliphatic heterocycles. The number of H-pyrrole nitrogens is 1. The number of aryl methyl sites for hydroxylation is 1. The Kier molecular flexibility index (Phi) is 6.84. The Hall–Kier alpha value is -4.46. The summed E-state index contributed by atoms with van der Waals surface area (Å²) in [7, 11) is 0. The van der Waals surface area contributed by atoms with Gasteiger partial charge in [0.1, 0.15) is 5.82 Å². The average Bonchev–Trinajstić information content (AvgIpc) is 3.36. The minimum atomic E-state index is -0.158. The summed E-state index contributed by atoms with van der Waals surface area (Å²) in [5.74, 6) is 1.04. The second-order valence-corrected chi connectivity index (χ2v) is 10.3. The van der Waals surface area contributed by atoms with Gasteiger partial charge in [-0.1, -0.05) is 42.5 Å². The lowest BCUT2D eigenvalue weighted by molar-refractivity contribution is 0.0746. The van der Waals surface area contributed by atoms with Crippen LogP contribution in [0.15, 0.2) is 83.9 Å². The molecule has 4 heterocycles. The first kappa shape index (κ1) is 24.9. The van der Waals surface area contributed by atoms with E-state index in [1.165, 1.54) is 11.1 Å². The minimum Gasteiger partial charge on any atom is -0.358 e. The maximum atomic E-state index is 13.4. The number of amides is 1. The first-order valence-corrected chi connectivity index (χ1v) is 13.5. The zero-order valence-electron chi connectivity index (χ0n) is 22.1. The fourth-order valence-corrected chi connectivity index (χ4v) is 5.79. The van der Waals surface area contributed by atoms with E-state index in [-0.39, 0.29) is 17.5 Å². The number of carbonyl (C=O) groups is 1. The normalized spacial score (nSPS) is 16.8. The van der Waals surface area contributed by atoms with Crippen LogP contribution in [0, 0.1) is 6.92 Å². The standard InChI is InChI=1S/C31H32N6O2/c1-22-28(20-33-34-30(22)38)37-21-25-8-2-3-10-26(25)27(37)13-12-23-7-6-9-24(19-23)31(39)36-17-15-35(16-18-36)29-11-4-5-14-32-29/h2-11,14,19-20,27H,12-13,15-18,21H2,1H3,(H,34,38). The third-order valence-corrected chi connectivity index (χ3v) is 7.94. The van der Waals surface area contributed by atoms with Crippen molar-refractivity contribution >= 4 is 17.4 Å². The molecule has 1 fully saturated rings. The van der Waals surface area contributed by atoms with Gasteiger partial charge in [-0.05, 0) is 60.7 Å². The van der Waals surface area contributed by atoms with Crippen molar-refractivity contribution in [1.29, 1.82) is 0 Å². The minimum absolute atomic E-state index is 0.0792. The lowest BCUT2D eigenvalue weighted by Gasteiger charge is -2.35. The van der Waals surface area contributed by atoms with Crippen LogP contribution in [0.1, 0.15) is 45.1 Å². The van der Waals surface area contributed by atoms with E-state index in [1.54, 1.807) is 12.4 Å². The van der Waals surface area contributed by atoms with Gasteiger partial charge in [0.05, 0.1) is 17.9 Å². The SMILES string of the molecule is Cc1c(N2Cc3ccccc3C2CCc2cccc(C(=O)N3CCN(c4ccccn4)CC3)c2)cn[nH]c1=O. The van der Waals surface area contributed by atoms with Crippen LogP contribution in [0.25, 0.3) is 0 Å². The second-order valence-electron chi connectivity index (χ2n) is 10.3. The lowest BCUT2D eigenvalue weighted by atomic mass is 9.97. The van der Waals surface area contributed by atoms with E-state index < -0.39 is 0 Å². The van der Waals surface area contributed by atoms with E-state index >= 15 is 0 Å². The summed E-state index contributed by atoms with van der Waals surface area (Å²) in [5, 5.41) is 6.61. The van der Waals surface area contributed by atoms with Gasteiger partial charge in [0, 0.05) is 50.0 Å².